The molecule has 1 heterocycles. The summed E-state index contributed by atoms with van der Waals surface area (Å²) in [4.78, 5) is 14.3. The molecule has 1 aromatic rings. The number of thiocarbonyl (C=S) groups is 1. The van der Waals surface area contributed by atoms with Crippen molar-refractivity contribution >= 4 is 39.2 Å². The highest BCUT2D eigenvalue weighted by Gasteiger charge is 2.17. The first-order chi connectivity index (χ1) is 11.0. The van der Waals surface area contributed by atoms with Crippen LogP contribution < -0.4 is 10.1 Å². The number of nitrogens with one attached hydrogen (secondary N) is 1. The Labute approximate surface area is 151 Å². The van der Waals surface area contributed by atoms with Crippen molar-refractivity contribution < 1.29 is 9.53 Å². The van der Waals surface area contributed by atoms with Crippen molar-refractivity contribution in [2.75, 3.05) is 19.7 Å². The maximum absolute atomic E-state index is 12.3. The summed E-state index contributed by atoms with van der Waals surface area (Å²) in [7, 11) is 0. The van der Waals surface area contributed by atoms with Crippen LogP contribution in [-0.4, -0.2) is 35.6 Å². The summed E-state index contributed by atoms with van der Waals surface area (Å²) in [6.45, 7) is 6.84. The predicted octanol–water partition coefficient (Wildman–Crippen LogP) is 3.98. The van der Waals surface area contributed by atoms with Crippen LogP contribution in [0.25, 0.3) is 0 Å². The zero-order valence-electron chi connectivity index (χ0n) is 13.6. The monoisotopic (exact) mass is 398 g/mol. The van der Waals surface area contributed by atoms with Crippen LogP contribution in [0.15, 0.2) is 22.7 Å². The molecule has 0 saturated carbocycles. The van der Waals surface area contributed by atoms with Crippen molar-refractivity contribution in [1.82, 2.24) is 10.2 Å². The fourth-order valence-electron chi connectivity index (χ4n) is 2.33. The van der Waals surface area contributed by atoms with Crippen molar-refractivity contribution in [3.8, 4) is 5.75 Å². The number of carbonyl (C=O) groups is 1. The Morgan fingerprint density at radius 2 is 2.09 bits per heavy atom. The number of likely N-dealkylation sites (tertiary alicyclic amines) is 1. The Balaban J connectivity index is 1.93. The molecule has 0 atom stereocenters. The van der Waals surface area contributed by atoms with Crippen molar-refractivity contribution in [2.45, 2.75) is 33.1 Å². The third-order valence-electron chi connectivity index (χ3n) is 3.76. The quantitative estimate of drug-likeness (QED) is 0.761. The van der Waals surface area contributed by atoms with Gasteiger partial charge in [0.1, 0.15) is 5.75 Å². The third kappa shape index (κ3) is 5.46. The lowest BCUT2D eigenvalue weighted by molar-refractivity contribution is 0.0974. The molecule has 0 aliphatic carbocycles. The largest absolute Gasteiger partial charge is 0.492 e. The van der Waals surface area contributed by atoms with Gasteiger partial charge in [-0.15, -0.1) is 0 Å². The minimum absolute atomic E-state index is 0.184. The molecule has 0 unspecified atom stereocenters. The van der Waals surface area contributed by atoms with Crippen molar-refractivity contribution in [3.05, 3.63) is 28.2 Å². The van der Waals surface area contributed by atoms with Gasteiger partial charge in [-0.25, -0.2) is 0 Å². The van der Waals surface area contributed by atoms with E-state index in [4.69, 9.17) is 17.0 Å². The van der Waals surface area contributed by atoms with Gasteiger partial charge in [0.15, 0.2) is 5.11 Å². The van der Waals surface area contributed by atoms with Gasteiger partial charge in [-0.3, -0.25) is 10.1 Å². The standard InChI is InChI=1S/C17H23BrN2O2S/c1-12(2)7-10-22-15-6-5-13(11-14(15)18)16(21)19-17(23)20-8-3-4-9-20/h5-6,11-12H,3-4,7-10H2,1-2H3,(H,19,21,23). The second-order valence-corrected chi connectivity index (χ2v) is 7.37. The molecule has 1 saturated heterocycles. The SMILES string of the molecule is CC(C)CCOc1ccc(C(=O)NC(=S)N2CCCC2)cc1Br. The molecule has 1 aliphatic heterocycles. The molecule has 0 bridgehead atoms. The molecule has 4 nitrogen and oxygen atoms in total. The number of carbonyl (C=O) groups excluding carboxylic acids is 1. The average molecular weight is 399 g/mol. The van der Waals surface area contributed by atoms with Gasteiger partial charge < -0.3 is 9.64 Å². The Hall–Kier alpha value is -1.14. The van der Waals surface area contributed by atoms with Crippen LogP contribution in [0.5, 0.6) is 5.75 Å². The lowest BCUT2D eigenvalue weighted by Crippen LogP contribution is -2.41. The molecule has 126 valence electrons. The third-order valence-corrected chi connectivity index (χ3v) is 4.74. The maximum atomic E-state index is 12.3. The summed E-state index contributed by atoms with van der Waals surface area (Å²) in [6, 6.07) is 5.35. The minimum Gasteiger partial charge on any atom is -0.492 e. The van der Waals surface area contributed by atoms with Gasteiger partial charge in [0.2, 0.25) is 0 Å². The number of halogens is 1. The van der Waals surface area contributed by atoms with Crippen molar-refractivity contribution in [2.24, 2.45) is 5.92 Å². The fraction of sp³-hybridized carbons (Fsp3) is 0.529. The molecule has 2 rings (SSSR count). The Morgan fingerprint density at radius 3 is 2.70 bits per heavy atom. The van der Waals surface area contributed by atoms with Crippen LogP contribution in [0.2, 0.25) is 0 Å². The Morgan fingerprint density at radius 1 is 1.39 bits per heavy atom. The molecule has 6 heteroatoms. The number of ether oxygens (including phenoxy) is 1. The maximum Gasteiger partial charge on any atom is 0.257 e. The highest BCUT2D eigenvalue weighted by Crippen LogP contribution is 2.26. The Kier molecular flexibility index (Phi) is 6.84. The smallest absolute Gasteiger partial charge is 0.257 e. The van der Waals surface area contributed by atoms with E-state index >= 15 is 0 Å². The van der Waals surface area contributed by atoms with Crippen LogP contribution in [0.4, 0.5) is 0 Å². The van der Waals surface area contributed by atoms with E-state index < -0.39 is 0 Å². The highest BCUT2D eigenvalue weighted by atomic mass is 79.9. The van der Waals surface area contributed by atoms with Gasteiger partial charge in [0.25, 0.3) is 5.91 Å². The highest BCUT2D eigenvalue weighted by molar-refractivity contribution is 9.10. The summed E-state index contributed by atoms with van der Waals surface area (Å²) >= 11 is 8.75. The first-order valence-corrected chi connectivity index (χ1v) is 9.20. The van der Waals surface area contributed by atoms with Gasteiger partial charge in [0.05, 0.1) is 11.1 Å². The number of amides is 1. The van der Waals surface area contributed by atoms with Crippen molar-refractivity contribution in [3.63, 3.8) is 0 Å². The Bertz CT molecular complexity index is 572. The predicted molar refractivity (Wildman–Crippen MR) is 100.0 cm³/mol. The van der Waals surface area contributed by atoms with E-state index in [2.05, 4.69) is 35.1 Å². The molecular weight excluding hydrogens is 376 g/mol. The normalized spacial score (nSPS) is 14.2. The van der Waals surface area contributed by atoms with Gasteiger partial charge in [-0.1, -0.05) is 13.8 Å². The first-order valence-electron chi connectivity index (χ1n) is 8.00. The van der Waals surface area contributed by atoms with Gasteiger partial charge in [-0.2, -0.15) is 0 Å². The molecule has 0 spiro atoms. The average Bonchev–Trinajstić information content (AvgIpc) is 3.02. The molecule has 1 amide bonds. The van der Waals surface area contributed by atoms with Crippen LogP contribution >= 0.6 is 28.1 Å². The summed E-state index contributed by atoms with van der Waals surface area (Å²) < 4.78 is 6.51. The number of rotatable bonds is 5. The summed E-state index contributed by atoms with van der Waals surface area (Å²) in [5.41, 5.74) is 0.564. The number of hydrogen-bond donors (Lipinski definition) is 1. The molecule has 23 heavy (non-hydrogen) atoms. The van der Waals surface area contributed by atoms with Crippen molar-refractivity contribution in [1.29, 1.82) is 0 Å². The van der Waals surface area contributed by atoms with E-state index in [1.165, 1.54) is 0 Å². The fourth-order valence-corrected chi connectivity index (χ4v) is 3.10. The topological polar surface area (TPSA) is 41.6 Å². The summed E-state index contributed by atoms with van der Waals surface area (Å²) in [5.74, 6) is 1.17. The lowest BCUT2D eigenvalue weighted by Gasteiger charge is -2.19. The van der Waals surface area contributed by atoms with Crippen LogP contribution in [-0.2, 0) is 0 Å². The van der Waals surface area contributed by atoms with E-state index in [-0.39, 0.29) is 5.91 Å². The lowest BCUT2D eigenvalue weighted by atomic mass is 10.1. The van der Waals surface area contributed by atoms with Gasteiger partial charge >= 0.3 is 0 Å². The number of hydrogen-bond acceptors (Lipinski definition) is 3. The van der Waals surface area contributed by atoms with Gasteiger partial charge in [0, 0.05) is 18.7 Å². The summed E-state index contributed by atoms with van der Waals surface area (Å²) in [6.07, 6.45) is 3.26. The molecule has 1 aliphatic rings. The molecular formula is C17H23BrN2O2S. The van der Waals surface area contributed by atoms with E-state index in [1.807, 2.05) is 11.0 Å². The first kappa shape index (κ1) is 18.2. The minimum atomic E-state index is -0.184. The second-order valence-electron chi connectivity index (χ2n) is 6.13. The van der Waals surface area contributed by atoms with E-state index in [0.29, 0.717) is 23.2 Å². The zero-order valence-corrected chi connectivity index (χ0v) is 16.0. The van der Waals surface area contributed by atoms with E-state index in [1.54, 1.807) is 12.1 Å². The number of nitrogens with zero attached hydrogens (tertiary/aromatic N) is 1. The van der Waals surface area contributed by atoms with Crippen LogP contribution in [0.3, 0.4) is 0 Å². The van der Waals surface area contributed by atoms with E-state index in [0.717, 1.165) is 42.6 Å². The van der Waals surface area contributed by atoms with E-state index in [9.17, 15) is 4.79 Å². The molecule has 0 radical (unpaired) electrons. The molecule has 1 aromatic carbocycles. The summed E-state index contributed by atoms with van der Waals surface area (Å²) in [5, 5.41) is 3.31. The second kappa shape index (κ2) is 8.64. The molecule has 0 aromatic heterocycles. The van der Waals surface area contributed by atoms with Crippen LogP contribution in [0, 0.1) is 5.92 Å². The molecule has 1 fully saturated rings. The molecule has 1 N–H and O–H groups in total. The van der Waals surface area contributed by atoms with Gasteiger partial charge in [-0.05, 0) is 71.5 Å². The number of benzene rings is 1. The van der Waals surface area contributed by atoms with Crippen LogP contribution in [0.1, 0.15) is 43.5 Å². The zero-order chi connectivity index (χ0) is 16.8.